The van der Waals surface area contributed by atoms with Gasteiger partial charge in [-0.15, -0.1) is 0 Å². The molecule has 1 saturated carbocycles. The first kappa shape index (κ1) is 17.1. The lowest BCUT2D eigenvalue weighted by Crippen LogP contribution is -2.23. The highest BCUT2D eigenvalue weighted by atomic mass is 16.3. The average molecular weight is 350 g/mol. The third-order valence-corrected chi connectivity index (χ3v) is 5.61. The Bertz CT molecular complexity index is 827. The van der Waals surface area contributed by atoms with Crippen LogP contribution in [0.25, 0.3) is 0 Å². The molecule has 1 amide bonds. The summed E-state index contributed by atoms with van der Waals surface area (Å²) in [7, 11) is 2.18. The second kappa shape index (κ2) is 7.12. The molecule has 0 spiro atoms. The molecule has 0 saturated heterocycles. The van der Waals surface area contributed by atoms with Gasteiger partial charge in [0.1, 0.15) is 5.75 Å². The lowest BCUT2D eigenvalue weighted by Gasteiger charge is -2.16. The molecule has 4 rings (SSSR count). The van der Waals surface area contributed by atoms with Gasteiger partial charge in [-0.1, -0.05) is 18.2 Å². The highest BCUT2D eigenvalue weighted by molar-refractivity contribution is 6.06. The molecule has 0 aliphatic heterocycles. The highest BCUT2D eigenvalue weighted by Crippen LogP contribution is 2.33. The maximum atomic E-state index is 12.6. The first-order chi connectivity index (χ1) is 12.6. The SMILES string of the molecule is CN(CCc1cccc(NC(=O)c2ccc3c(c2O)CCC3)c1)C1CC1. The van der Waals surface area contributed by atoms with Gasteiger partial charge < -0.3 is 15.3 Å². The number of aryl methyl sites for hydroxylation is 1. The Balaban J connectivity index is 1.43. The van der Waals surface area contributed by atoms with Crippen molar-refractivity contribution >= 4 is 11.6 Å². The van der Waals surface area contributed by atoms with E-state index in [4.69, 9.17) is 0 Å². The molecule has 26 heavy (non-hydrogen) atoms. The van der Waals surface area contributed by atoms with Gasteiger partial charge in [-0.3, -0.25) is 4.79 Å². The van der Waals surface area contributed by atoms with E-state index < -0.39 is 0 Å². The Morgan fingerprint density at radius 3 is 2.88 bits per heavy atom. The van der Waals surface area contributed by atoms with E-state index in [1.807, 2.05) is 24.3 Å². The number of anilines is 1. The number of amides is 1. The standard InChI is InChI=1S/C22H26N2O2/c1-24(18-9-10-18)13-12-15-4-2-6-17(14-15)23-22(26)20-11-8-16-5-3-7-19(16)21(20)25/h2,4,6,8,11,14,18,25H,3,5,7,9-10,12-13H2,1H3,(H,23,26). The Labute approximate surface area is 154 Å². The quantitative estimate of drug-likeness (QED) is 0.834. The molecular formula is C22H26N2O2. The Morgan fingerprint density at radius 2 is 2.08 bits per heavy atom. The van der Waals surface area contributed by atoms with Crippen molar-refractivity contribution in [3.05, 3.63) is 58.7 Å². The number of fused-ring (bicyclic) bond motifs is 1. The third-order valence-electron chi connectivity index (χ3n) is 5.61. The van der Waals surface area contributed by atoms with E-state index in [2.05, 4.69) is 23.3 Å². The summed E-state index contributed by atoms with van der Waals surface area (Å²) in [4.78, 5) is 15.0. The summed E-state index contributed by atoms with van der Waals surface area (Å²) < 4.78 is 0. The number of carbonyl (C=O) groups is 1. The average Bonchev–Trinajstić information content (AvgIpc) is 3.37. The molecule has 2 N–H and O–H groups in total. The topological polar surface area (TPSA) is 52.6 Å². The summed E-state index contributed by atoms with van der Waals surface area (Å²) in [6, 6.07) is 12.5. The molecule has 0 aromatic heterocycles. The van der Waals surface area contributed by atoms with E-state index >= 15 is 0 Å². The van der Waals surface area contributed by atoms with E-state index in [0.717, 1.165) is 49.5 Å². The Hall–Kier alpha value is -2.33. The molecule has 2 aliphatic carbocycles. The zero-order chi connectivity index (χ0) is 18.1. The molecule has 0 unspecified atom stereocenters. The summed E-state index contributed by atoms with van der Waals surface area (Å²) in [6.45, 7) is 1.04. The van der Waals surface area contributed by atoms with Crippen molar-refractivity contribution in [2.45, 2.75) is 44.6 Å². The first-order valence-electron chi connectivity index (χ1n) is 9.56. The van der Waals surface area contributed by atoms with Crippen molar-refractivity contribution < 1.29 is 9.90 Å². The number of nitrogens with zero attached hydrogens (tertiary/aromatic N) is 1. The Morgan fingerprint density at radius 1 is 1.23 bits per heavy atom. The van der Waals surface area contributed by atoms with Gasteiger partial charge >= 0.3 is 0 Å². The second-order valence-electron chi connectivity index (χ2n) is 7.57. The van der Waals surface area contributed by atoms with Crippen LogP contribution in [0.2, 0.25) is 0 Å². The molecular weight excluding hydrogens is 324 g/mol. The van der Waals surface area contributed by atoms with E-state index in [0.29, 0.717) is 5.56 Å². The van der Waals surface area contributed by atoms with Crippen LogP contribution in [0.4, 0.5) is 5.69 Å². The van der Waals surface area contributed by atoms with Crippen molar-refractivity contribution in [3.63, 3.8) is 0 Å². The van der Waals surface area contributed by atoms with Crippen LogP contribution in [0.5, 0.6) is 5.75 Å². The highest BCUT2D eigenvalue weighted by Gasteiger charge is 2.25. The Kier molecular flexibility index (Phi) is 4.68. The third kappa shape index (κ3) is 3.61. The molecule has 2 aromatic rings. The van der Waals surface area contributed by atoms with Gasteiger partial charge in [0.05, 0.1) is 5.56 Å². The number of carbonyl (C=O) groups excluding carboxylic acids is 1. The van der Waals surface area contributed by atoms with Gasteiger partial charge in [-0.25, -0.2) is 0 Å². The van der Waals surface area contributed by atoms with Gasteiger partial charge in [0.15, 0.2) is 0 Å². The minimum atomic E-state index is -0.246. The van der Waals surface area contributed by atoms with Crippen LogP contribution >= 0.6 is 0 Å². The number of likely N-dealkylation sites (N-methyl/N-ethyl adjacent to an activating group) is 1. The van der Waals surface area contributed by atoms with Crippen molar-refractivity contribution in [1.29, 1.82) is 0 Å². The molecule has 2 aromatic carbocycles. The summed E-state index contributed by atoms with van der Waals surface area (Å²) in [6.07, 6.45) is 6.49. The fraction of sp³-hybridized carbons (Fsp3) is 0.409. The van der Waals surface area contributed by atoms with Gasteiger partial charge in [0, 0.05) is 18.3 Å². The van der Waals surface area contributed by atoms with Gasteiger partial charge in [-0.2, -0.15) is 0 Å². The van der Waals surface area contributed by atoms with E-state index in [9.17, 15) is 9.90 Å². The number of benzene rings is 2. The molecule has 0 atom stereocenters. The van der Waals surface area contributed by atoms with E-state index in [-0.39, 0.29) is 11.7 Å². The number of nitrogens with one attached hydrogen (secondary N) is 1. The molecule has 4 nitrogen and oxygen atoms in total. The molecule has 136 valence electrons. The summed E-state index contributed by atoms with van der Waals surface area (Å²) in [5.74, 6) is -0.0934. The maximum Gasteiger partial charge on any atom is 0.259 e. The largest absolute Gasteiger partial charge is 0.507 e. The van der Waals surface area contributed by atoms with Crippen molar-refractivity contribution in [2.24, 2.45) is 0 Å². The number of phenols is 1. The molecule has 4 heteroatoms. The number of phenolic OH excluding ortho intramolecular Hbond substituents is 1. The molecule has 0 bridgehead atoms. The fourth-order valence-electron chi connectivity index (χ4n) is 3.84. The van der Waals surface area contributed by atoms with Crippen LogP contribution in [-0.2, 0) is 19.3 Å². The molecule has 0 heterocycles. The van der Waals surface area contributed by atoms with Crippen molar-refractivity contribution in [2.75, 3.05) is 18.9 Å². The number of hydrogen-bond acceptors (Lipinski definition) is 3. The lowest BCUT2D eigenvalue weighted by molar-refractivity contribution is 0.102. The number of hydrogen-bond donors (Lipinski definition) is 2. The lowest BCUT2D eigenvalue weighted by atomic mass is 10.0. The van der Waals surface area contributed by atoms with E-state index in [1.54, 1.807) is 6.07 Å². The zero-order valence-corrected chi connectivity index (χ0v) is 15.3. The summed E-state index contributed by atoms with van der Waals surface area (Å²) in [5.41, 5.74) is 4.47. The normalized spacial score (nSPS) is 15.9. The van der Waals surface area contributed by atoms with Crippen LogP contribution in [0.3, 0.4) is 0 Å². The monoisotopic (exact) mass is 350 g/mol. The maximum absolute atomic E-state index is 12.6. The van der Waals surface area contributed by atoms with Crippen molar-refractivity contribution in [1.82, 2.24) is 4.90 Å². The van der Waals surface area contributed by atoms with Crippen LogP contribution in [-0.4, -0.2) is 35.5 Å². The second-order valence-corrected chi connectivity index (χ2v) is 7.57. The minimum absolute atomic E-state index is 0.153. The number of aromatic hydroxyl groups is 1. The fourth-order valence-corrected chi connectivity index (χ4v) is 3.84. The first-order valence-corrected chi connectivity index (χ1v) is 9.56. The smallest absolute Gasteiger partial charge is 0.259 e. The minimum Gasteiger partial charge on any atom is -0.507 e. The van der Waals surface area contributed by atoms with Gasteiger partial charge in [0.2, 0.25) is 0 Å². The predicted octanol–water partition coefficient (Wildman–Crippen LogP) is 3.77. The van der Waals surface area contributed by atoms with E-state index in [1.165, 1.54) is 24.0 Å². The molecule has 2 aliphatic rings. The molecule has 1 fully saturated rings. The van der Waals surface area contributed by atoms with Crippen LogP contribution < -0.4 is 5.32 Å². The summed E-state index contributed by atoms with van der Waals surface area (Å²) in [5, 5.41) is 13.4. The van der Waals surface area contributed by atoms with Crippen LogP contribution in [0.1, 0.15) is 46.3 Å². The van der Waals surface area contributed by atoms with Gasteiger partial charge in [0.25, 0.3) is 5.91 Å². The van der Waals surface area contributed by atoms with Crippen LogP contribution in [0.15, 0.2) is 36.4 Å². The van der Waals surface area contributed by atoms with Gasteiger partial charge in [-0.05, 0) is 80.5 Å². The van der Waals surface area contributed by atoms with Crippen molar-refractivity contribution in [3.8, 4) is 5.75 Å². The predicted molar refractivity (Wildman–Crippen MR) is 104 cm³/mol. The number of rotatable bonds is 6. The molecule has 0 radical (unpaired) electrons. The van der Waals surface area contributed by atoms with Crippen LogP contribution in [0, 0.1) is 0 Å². The zero-order valence-electron chi connectivity index (χ0n) is 15.3. The summed E-state index contributed by atoms with van der Waals surface area (Å²) >= 11 is 0.